The molecule has 0 saturated carbocycles. The minimum absolute atomic E-state index is 0.0193. The lowest BCUT2D eigenvalue weighted by atomic mass is 9.94. The van der Waals surface area contributed by atoms with Crippen LogP contribution in [0.5, 0.6) is 0 Å². The first-order valence-electron chi connectivity index (χ1n) is 5.33. The topological polar surface area (TPSA) is 65.0 Å². The van der Waals surface area contributed by atoms with Gasteiger partial charge in [0.25, 0.3) is 5.22 Å². The van der Waals surface area contributed by atoms with Gasteiger partial charge in [-0.05, 0) is 0 Å². The second-order valence-electron chi connectivity index (χ2n) is 4.76. The van der Waals surface area contributed by atoms with Crippen LogP contribution in [0.15, 0.2) is 20.4 Å². The second-order valence-corrected chi connectivity index (χ2v) is 5.69. The van der Waals surface area contributed by atoms with Crippen LogP contribution in [0.2, 0.25) is 0 Å². The van der Waals surface area contributed by atoms with Gasteiger partial charge in [0.1, 0.15) is 5.76 Å². The third-order valence-electron chi connectivity index (χ3n) is 2.12. The Morgan fingerprint density at radius 1 is 1.35 bits per heavy atom. The van der Waals surface area contributed by atoms with E-state index in [1.54, 1.807) is 13.1 Å². The van der Waals surface area contributed by atoms with Gasteiger partial charge >= 0.3 is 0 Å². The Balaban J connectivity index is 1.98. The van der Waals surface area contributed by atoms with Crippen LogP contribution in [-0.2, 0) is 11.2 Å². The van der Waals surface area contributed by atoms with E-state index in [0.717, 1.165) is 5.76 Å². The number of rotatable bonds is 3. The third kappa shape index (κ3) is 3.09. The minimum Gasteiger partial charge on any atom is -0.436 e. The predicted octanol–water partition coefficient (Wildman–Crippen LogP) is 2.96. The van der Waals surface area contributed by atoms with Crippen LogP contribution in [0, 0.1) is 6.92 Å². The molecule has 5 nitrogen and oxygen atoms in total. The van der Waals surface area contributed by atoms with Gasteiger partial charge in [-0.15, -0.1) is 0 Å². The molecule has 0 saturated heterocycles. The number of nitrogens with zero attached hydrogens (tertiary/aromatic N) is 3. The van der Waals surface area contributed by atoms with Gasteiger partial charge in [0.2, 0.25) is 5.89 Å². The summed E-state index contributed by atoms with van der Waals surface area (Å²) in [6.07, 6.45) is 1.77. The van der Waals surface area contributed by atoms with Crippen molar-refractivity contribution in [2.75, 3.05) is 0 Å². The number of oxazole rings is 1. The summed E-state index contributed by atoms with van der Waals surface area (Å²) in [6.45, 7) is 8.03. The summed E-state index contributed by atoms with van der Waals surface area (Å²) >= 11 is 1.46. The van der Waals surface area contributed by atoms with Crippen LogP contribution >= 0.6 is 11.8 Å². The smallest absolute Gasteiger partial charge is 0.256 e. The second kappa shape index (κ2) is 4.52. The Labute approximate surface area is 104 Å². The molecule has 0 amide bonds. The quantitative estimate of drug-likeness (QED) is 0.783. The monoisotopic (exact) mass is 253 g/mol. The van der Waals surface area contributed by atoms with E-state index in [9.17, 15) is 0 Å². The molecule has 6 heteroatoms. The number of thioether (sulfide) groups is 1. The van der Waals surface area contributed by atoms with E-state index in [0.29, 0.717) is 22.7 Å². The lowest BCUT2D eigenvalue weighted by Crippen LogP contribution is -2.09. The van der Waals surface area contributed by atoms with E-state index in [-0.39, 0.29) is 5.41 Å². The van der Waals surface area contributed by atoms with Crippen LogP contribution in [0.3, 0.4) is 0 Å². The van der Waals surface area contributed by atoms with E-state index in [1.165, 1.54) is 11.8 Å². The average Bonchev–Trinajstić information content (AvgIpc) is 2.82. The van der Waals surface area contributed by atoms with E-state index >= 15 is 0 Å². The van der Waals surface area contributed by atoms with Gasteiger partial charge in [0, 0.05) is 12.3 Å². The van der Waals surface area contributed by atoms with Gasteiger partial charge in [-0.1, -0.05) is 37.7 Å². The highest BCUT2D eigenvalue weighted by atomic mass is 32.2. The standard InChI is InChI=1S/C11H15N3O2S/c1-7-13-9(14-16-7)6-17-10-12-5-8(15-10)11(2,3)4/h5H,6H2,1-4H3. The molecule has 0 aromatic carbocycles. The Bertz CT molecular complexity index is 499. The van der Waals surface area contributed by atoms with Crippen molar-refractivity contribution < 1.29 is 8.94 Å². The lowest BCUT2D eigenvalue weighted by molar-refractivity contribution is 0.355. The van der Waals surface area contributed by atoms with Crippen molar-refractivity contribution in [2.45, 2.75) is 44.1 Å². The molecule has 2 aromatic rings. The average molecular weight is 253 g/mol. The van der Waals surface area contributed by atoms with Crippen LogP contribution in [0.1, 0.15) is 38.2 Å². The Morgan fingerprint density at radius 2 is 2.12 bits per heavy atom. The van der Waals surface area contributed by atoms with Gasteiger partial charge in [-0.2, -0.15) is 4.98 Å². The van der Waals surface area contributed by atoms with Crippen molar-refractivity contribution in [1.82, 2.24) is 15.1 Å². The summed E-state index contributed by atoms with van der Waals surface area (Å²) in [5.74, 6) is 2.71. The van der Waals surface area contributed by atoms with E-state index in [1.807, 2.05) is 0 Å². The number of aryl methyl sites for hydroxylation is 1. The maximum Gasteiger partial charge on any atom is 0.256 e. The molecule has 0 aliphatic carbocycles. The Hall–Kier alpha value is -1.30. The zero-order chi connectivity index (χ0) is 12.5. The van der Waals surface area contributed by atoms with E-state index < -0.39 is 0 Å². The third-order valence-corrected chi connectivity index (χ3v) is 2.96. The fourth-order valence-electron chi connectivity index (χ4n) is 1.20. The fraction of sp³-hybridized carbons (Fsp3) is 0.545. The molecule has 2 heterocycles. The highest BCUT2D eigenvalue weighted by molar-refractivity contribution is 7.98. The molecular formula is C11H15N3O2S. The minimum atomic E-state index is -0.0193. The number of hydrogen-bond donors (Lipinski definition) is 0. The molecule has 0 bridgehead atoms. The maximum absolute atomic E-state index is 5.64. The van der Waals surface area contributed by atoms with Crippen molar-refractivity contribution in [2.24, 2.45) is 0 Å². The van der Waals surface area contributed by atoms with Gasteiger partial charge < -0.3 is 8.94 Å². The van der Waals surface area contributed by atoms with Gasteiger partial charge in [-0.3, -0.25) is 0 Å². The van der Waals surface area contributed by atoms with Crippen LogP contribution < -0.4 is 0 Å². The lowest BCUT2D eigenvalue weighted by Gasteiger charge is -2.12. The molecule has 2 aromatic heterocycles. The Kier molecular flexibility index (Phi) is 3.24. The van der Waals surface area contributed by atoms with E-state index in [4.69, 9.17) is 8.94 Å². The fourth-order valence-corrected chi connectivity index (χ4v) is 1.84. The maximum atomic E-state index is 5.64. The summed E-state index contributed by atoms with van der Waals surface area (Å²) in [4.78, 5) is 8.33. The summed E-state index contributed by atoms with van der Waals surface area (Å²) in [5.41, 5.74) is -0.0193. The molecule has 0 unspecified atom stereocenters. The molecule has 0 aliphatic rings. The van der Waals surface area contributed by atoms with Crippen LogP contribution in [-0.4, -0.2) is 15.1 Å². The normalized spacial score (nSPS) is 12.0. The van der Waals surface area contributed by atoms with Crippen molar-refractivity contribution >= 4 is 11.8 Å². The molecule has 0 N–H and O–H groups in total. The molecule has 0 fully saturated rings. The predicted molar refractivity (Wildman–Crippen MR) is 63.8 cm³/mol. The molecular weight excluding hydrogens is 238 g/mol. The summed E-state index contributed by atoms with van der Waals surface area (Å²) in [7, 11) is 0. The first-order chi connectivity index (χ1) is 7.95. The van der Waals surface area contributed by atoms with Crippen LogP contribution in [0.25, 0.3) is 0 Å². The molecule has 17 heavy (non-hydrogen) atoms. The van der Waals surface area contributed by atoms with Gasteiger partial charge in [-0.25, -0.2) is 4.98 Å². The SMILES string of the molecule is Cc1nc(CSc2ncc(C(C)(C)C)o2)no1. The first-order valence-corrected chi connectivity index (χ1v) is 6.32. The molecule has 92 valence electrons. The van der Waals surface area contributed by atoms with Crippen LogP contribution in [0.4, 0.5) is 0 Å². The molecule has 0 radical (unpaired) electrons. The van der Waals surface area contributed by atoms with Gasteiger partial charge in [0.05, 0.1) is 11.9 Å². The largest absolute Gasteiger partial charge is 0.436 e. The van der Waals surface area contributed by atoms with E-state index in [2.05, 4.69) is 35.9 Å². The highest BCUT2D eigenvalue weighted by Gasteiger charge is 2.19. The number of hydrogen-bond acceptors (Lipinski definition) is 6. The Morgan fingerprint density at radius 3 is 2.65 bits per heavy atom. The first kappa shape index (κ1) is 12.2. The van der Waals surface area contributed by atoms with Crippen molar-refractivity contribution in [3.8, 4) is 0 Å². The number of aromatic nitrogens is 3. The molecule has 0 atom stereocenters. The van der Waals surface area contributed by atoms with Gasteiger partial charge in [0.15, 0.2) is 5.82 Å². The zero-order valence-electron chi connectivity index (χ0n) is 10.4. The summed E-state index contributed by atoms with van der Waals surface area (Å²) in [6, 6.07) is 0. The highest BCUT2D eigenvalue weighted by Crippen LogP contribution is 2.27. The van der Waals surface area contributed by atoms with Crippen molar-refractivity contribution in [3.05, 3.63) is 23.7 Å². The molecule has 0 aliphatic heterocycles. The summed E-state index contributed by atoms with van der Waals surface area (Å²) < 4.78 is 10.5. The molecule has 0 spiro atoms. The summed E-state index contributed by atoms with van der Waals surface area (Å²) in [5, 5.41) is 4.45. The molecule has 2 rings (SSSR count). The zero-order valence-corrected chi connectivity index (χ0v) is 11.2. The van der Waals surface area contributed by atoms with Crippen molar-refractivity contribution in [1.29, 1.82) is 0 Å². The van der Waals surface area contributed by atoms with Crippen molar-refractivity contribution in [3.63, 3.8) is 0 Å².